The van der Waals surface area contributed by atoms with Gasteiger partial charge in [0.2, 0.25) is 10.0 Å². The van der Waals surface area contributed by atoms with E-state index in [0.717, 1.165) is 19.1 Å². The third-order valence-electron chi connectivity index (χ3n) is 7.54. The number of rotatable bonds is 8. The Kier molecular flexibility index (Phi) is 11.6. The summed E-state index contributed by atoms with van der Waals surface area (Å²) >= 11 is 0. The molecule has 242 valence electrons. The lowest BCUT2D eigenvalue weighted by molar-refractivity contribution is -0.00828. The number of anilines is 1. The average molecular weight is 645 g/mol. The smallest absolute Gasteiger partial charge is 0.267 e. The molecule has 2 N–H and O–H groups in total. The van der Waals surface area contributed by atoms with Crippen LogP contribution in [0.4, 0.5) is 5.69 Å². The van der Waals surface area contributed by atoms with E-state index < -0.39 is 38.1 Å². The summed E-state index contributed by atoms with van der Waals surface area (Å²) in [6.45, 7) is 8.77. The van der Waals surface area contributed by atoms with E-state index in [-0.39, 0.29) is 65.1 Å². The Morgan fingerprint density at radius 2 is 1.88 bits per heavy atom. The van der Waals surface area contributed by atoms with Gasteiger partial charge in [-0.05, 0) is 65.2 Å². The molecule has 43 heavy (non-hydrogen) atoms. The van der Waals surface area contributed by atoms with E-state index in [2.05, 4.69) is 9.88 Å². The highest BCUT2D eigenvalue weighted by Crippen LogP contribution is 2.30. The molecular weight excluding hydrogens is 600 g/mol. The van der Waals surface area contributed by atoms with Crippen molar-refractivity contribution in [2.75, 3.05) is 44.3 Å². The van der Waals surface area contributed by atoms with Crippen molar-refractivity contribution in [2.24, 2.45) is 5.92 Å². The molecule has 15 heteroatoms. The summed E-state index contributed by atoms with van der Waals surface area (Å²) in [5, 5.41) is 13.8. The summed E-state index contributed by atoms with van der Waals surface area (Å²) in [6.07, 6.45) is 2.50. The van der Waals surface area contributed by atoms with E-state index in [1.54, 1.807) is 13.0 Å². The molecule has 1 aromatic heterocycles. The van der Waals surface area contributed by atoms with Crippen LogP contribution in [0.15, 0.2) is 27.6 Å². The number of carbonyl (C=O) groups is 1. The summed E-state index contributed by atoms with van der Waals surface area (Å²) in [7, 11) is -6.08. The number of aromatic nitrogens is 1. The number of likely N-dealkylation sites (N-methyl/N-ethyl adjacent to an activating group) is 1. The van der Waals surface area contributed by atoms with E-state index >= 15 is 0 Å². The summed E-state index contributed by atoms with van der Waals surface area (Å²) in [4.78, 5) is 15.6. The third kappa shape index (κ3) is 8.91. The van der Waals surface area contributed by atoms with Crippen LogP contribution in [-0.4, -0.2) is 100 Å². The number of benzene rings is 1. The molecule has 0 saturated carbocycles. The molecule has 0 aliphatic carbocycles. The van der Waals surface area contributed by atoms with Crippen molar-refractivity contribution in [1.82, 2.24) is 14.4 Å². The van der Waals surface area contributed by atoms with Crippen LogP contribution in [0.1, 0.15) is 61.8 Å². The Morgan fingerprint density at radius 1 is 1.19 bits per heavy atom. The van der Waals surface area contributed by atoms with Crippen molar-refractivity contribution in [1.29, 1.82) is 0 Å². The molecule has 0 fully saturated rings. The van der Waals surface area contributed by atoms with Crippen LogP contribution in [-0.2, 0) is 24.8 Å². The zero-order valence-corrected chi connectivity index (χ0v) is 27.5. The Bertz CT molecular complexity index is 1460. The average Bonchev–Trinajstić information content (AvgIpc) is 3.27. The minimum Gasteiger partial charge on any atom is -0.490 e. The number of fused-ring (bicyclic) bond motifs is 1. The summed E-state index contributed by atoms with van der Waals surface area (Å²) in [5.41, 5.74) is 0.443. The molecule has 3 rings (SSSR count). The van der Waals surface area contributed by atoms with E-state index in [9.17, 15) is 26.7 Å². The van der Waals surface area contributed by atoms with Crippen LogP contribution >= 0.6 is 0 Å². The summed E-state index contributed by atoms with van der Waals surface area (Å²) in [5.74, 6) is -0.398. The summed E-state index contributed by atoms with van der Waals surface area (Å²) < 4.78 is 71.8. The van der Waals surface area contributed by atoms with Gasteiger partial charge in [0, 0.05) is 38.3 Å². The molecule has 0 unspecified atom stereocenters. The van der Waals surface area contributed by atoms with Crippen molar-refractivity contribution >= 4 is 31.6 Å². The molecule has 0 radical (unpaired) electrons. The predicted octanol–water partition coefficient (Wildman–Crippen LogP) is 2.78. The lowest BCUT2D eigenvalue weighted by atomic mass is 10.0. The first-order valence-electron chi connectivity index (χ1n) is 14.3. The number of nitrogens with one attached hydrogen (secondary N) is 1. The molecule has 1 aliphatic rings. The quantitative estimate of drug-likeness (QED) is 0.436. The molecule has 1 aliphatic heterocycles. The number of ether oxygens (including phenoxy) is 2. The van der Waals surface area contributed by atoms with E-state index in [1.807, 2.05) is 13.8 Å². The zero-order chi connectivity index (χ0) is 32.1. The SMILES string of the molecule is Cc1noc(C)c1S(=O)(=O)Nc1ccc2c(c1)C(=O)N([C@@H](C)CO)C[C@@H](C)[C@H](CN(C)S(C)(=O)=O)OCCCC[C@@H](C)O2. The van der Waals surface area contributed by atoms with Gasteiger partial charge in [-0.2, -0.15) is 0 Å². The minimum atomic E-state index is -4.09. The van der Waals surface area contributed by atoms with Crippen LogP contribution in [0.2, 0.25) is 0 Å². The van der Waals surface area contributed by atoms with Gasteiger partial charge in [0.15, 0.2) is 10.7 Å². The Balaban J connectivity index is 2.04. The number of aliphatic hydroxyl groups excluding tert-OH is 1. The molecule has 0 spiro atoms. The number of nitrogens with zero attached hydrogens (tertiary/aromatic N) is 3. The molecule has 0 bridgehead atoms. The van der Waals surface area contributed by atoms with Gasteiger partial charge in [-0.1, -0.05) is 12.1 Å². The number of hydrogen-bond donors (Lipinski definition) is 2. The number of hydrogen-bond acceptors (Lipinski definition) is 10. The fourth-order valence-corrected chi connectivity index (χ4v) is 6.70. The highest BCUT2D eigenvalue weighted by molar-refractivity contribution is 7.92. The van der Waals surface area contributed by atoms with Crippen molar-refractivity contribution in [3.8, 4) is 5.75 Å². The van der Waals surface area contributed by atoms with Gasteiger partial charge >= 0.3 is 0 Å². The van der Waals surface area contributed by atoms with Crippen molar-refractivity contribution in [2.45, 2.75) is 77.0 Å². The normalized spacial score (nSPS) is 22.0. The Morgan fingerprint density at radius 3 is 2.49 bits per heavy atom. The van der Waals surface area contributed by atoms with Gasteiger partial charge in [0.1, 0.15) is 11.4 Å². The number of amides is 1. The molecule has 2 heterocycles. The molecule has 0 saturated heterocycles. The fourth-order valence-electron chi connectivity index (χ4n) is 4.90. The van der Waals surface area contributed by atoms with Crippen LogP contribution in [0.3, 0.4) is 0 Å². The second-order valence-electron chi connectivity index (χ2n) is 11.3. The van der Waals surface area contributed by atoms with Gasteiger partial charge in [-0.25, -0.2) is 21.1 Å². The Labute approximate surface area is 254 Å². The predicted molar refractivity (Wildman–Crippen MR) is 161 cm³/mol. The van der Waals surface area contributed by atoms with Gasteiger partial charge < -0.3 is 24.0 Å². The maximum Gasteiger partial charge on any atom is 0.267 e. The van der Waals surface area contributed by atoms with Crippen molar-refractivity contribution in [3.05, 3.63) is 35.2 Å². The molecule has 1 amide bonds. The molecule has 13 nitrogen and oxygen atoms in total. The van der Waals surface area contributed by atoms with Gasteiger partial charge in [0.05, 0.1) is 36.7 Å². The first kappa shape index (κ1) is 34.8. The van der Waals surface area contributed by atoms with Crippen molar-refractivity contribution < 1.29 is 40.7 Å². The van der Waals surface area contributed by atoms with Crippen LogP contribution in [0.25, 0.3) is 0 Å². The van der Waals surface area contributed by atoms with Gasteiger partial charge in [-0.15, -0.1) is 0 Å². The lowest BCUT2D eigenvalue weighted by Gasteiger charge is -2.35. The van der Waals surface area contributed by atoms with Crippen LogP contribution < -0.4 is 9.46 Å². The van der Waals surface area contributed by atoms with Crippen LogP contribution in [0, 0.1) is 19.8 Å². The van der Waals surface area contributed by atoms with Gasteiger partial charge in [0.25, 0.3) is 15.9 Å². The van der Waals surface area contributed by atoms with Crippen LogP contribution in [0.5, 0.6) is 5.75 Å². The standard InChI is InChI=1S/C28H44N4O9S2/c1-18-15-32(19(2)17-33)28(34)24-14-23(30-43(37,38)27-21(4)29-41-22(27)5)11-12-25(24)40-20(3)10-8-9-13-39-26(18)16-31(6)42(7,35)36/h11-12,14,18-20,26,30,33H,8-10,13,15-17H2,1-7H3/t18-,19+,20-,26+/m1/s1. The van der Waals surface area contributed by atoms with Crippen molar-refractivity contribution in [3.63, 3.8) is 0 Å². The number of aryl methyl sites for hydroxylation is 2. The second kappa shape index (κ2) is 14.4. The van der Waals surface area contributed by atoms with Gasteiger partial charge in [-0.3, -0.25) is 9.52 Å². The first-order chi connectivity index (χ1) is 20.0. The highest BCUT2D eigenvalue weighted by atomic mass is 32.2. The minimum absolute atomic E-state index is 0.0850. The summed E-state index contributed by atoms with van der Waals surface area (Å²) in [6, 6.07) is 3.87. The second-order valence-corrected chi connectivity index (χ2v) is 15.0. The molecule has 4 atom stereocenters. The number of sulfonamides is 2. The maximum absolute atomic E-state index is 14.2. The number of carbonyl (C=O) groups excluding carboxylic acids is 1. The largest absolute Gasteiger partial charge is 0.490 e. The third-order valence-corrected chi connectivity index (χ3v) is 10.4. The van der Waals surface area contributed by atoms with E-state index in [1.165, 1.54) is 42.2 Å². The topological polar surface area (TPSA) is 169 Å². The maximum atomic E-state index is 14.2. The molecule has 2 aromatic rings. The van der Waals surface area contributed by atoms with E-state index in [0.29, 0.717) is 13.0 Å². The lowest BCUT2D eigenvalue weighted by Crippen LogP contribution is -2.47. The highest BCUT2D eigenvalue weighted by Gasteiger charge is 2.32. The fraction of sp³-hybridized carbons (Fsp3) is 0.643. The zero-order valence-electron chi connectivity index (χ0n) is 25.9. The Hall–Kier alpha value is -2.72. The van der Waals surface area contributed by atoms with E-state index in [4.69, 9.17) is 14.0 Å². The monoisotopic (exact) mass is 644 g/mol. The number of aliphatic hydroxyl groups is 1. The molecular formula is C28H44N4O9S2. The molecule has 1 aromatic carbocycles. The first-order valence-corrected chi connectivity index (χ1v) is 17.6.